The predicted molar refractivity (Wildman–Crippen MR) is 121 cm³/mol. The molecule has 30 heavy (non-hydrogen) atoms. The summed E-state index contributed by atoms with van der Waals surface area (Å²) < 4.78 is 0. The van der Waals surface area contributed by atoms with E-state index in [4.69, 9.17) is 0 Å². The number of guanidine groups is 1. The topological polar surface area (TPSA) is 72.9 Å². The van der Waals surface area contributed by atoms with Crippen molar-refractivity contribution in [3.63, 3.8) is 0 Å². The number of hydrogen-bond donors (Lipinski definition) is 2. The fourth-order valence-electron chi connectivity index (χ4n) is 4.10. The molecule has 2 fully saturated rings. The molecular weight excluding hydrogens is 376 g/mol. The maximum Gasteiger partial charge on any atom is 0.229 e. The molecule has 1 aromatic heterocycles. The first-order valence-electron chi connectivity index (χ1n) is 10.8. The summed E-state index contributed by atoms with van der Waals surface area (Å²) >= 11 is 0. The number of rotatable bonds is 5. The lowest BCUT2D eigenvalue weighted by molar-refractivity contribution is -0.117. The molecule has 2 aromatic rings. The number of para-hydroxylation sites is 1. The number of aromatic nitrogens is 1. The van der Waals surface area contributed by atoms with Gasteiger partial charge in [-0.3, -0.25) is 9.79 Å². The van der Waals surface area contributed by atoms with Crippen molar-refractivity contribution in [3.8, 4) is 0 Å². The van der Waals surface area contributed by atoms with Gasteiger partial charge in [0, 0.05) is 51.5 Å². The highest BCUT2D eigenvalue weighted by molar-refractivity contribution is 5.97. The number of nitrogens with zero attached hydrogens (tertiary/aromatic N) is 4. The Morgan fingerprint density at radius 2 is 1.97 bits per heavy atom. The molecule has 2 saturated heterocycles. The summed E-state index contributed by atoms with van der Waals surface area (Å²) in [6, 6.07) is 14.0. The Balaban J connectivity index is 1.32. The first kappa shape index (κ1) is 20.2. The van der Waals surface area contributed by atoms with Crippen LogP contribution in [-0.4, -0.2) is 49.6 Å². The third-order valence-electron chi connectivity index (χ3n) is 5.71. The second kappa shape index (κ2) is 9.61. The van der Waals surface area contributed by atoms with E-state index in [2.05, 4.69) is 31.6 Å². The molecule has 0 aliphatic carbocycles. The summed E-state index contributed by atoms with van der Waals surface area (Å²) in [6.45, 7) is 3.46. The minimum atomic E-state index is 0.0326. The molecule has 2 aliphatic rings. The predicted octanol–water partition coefficient (Wildman–Crippen LogP) is 2.54. The molecule has 3 heterocycles. The third kappa shape index (κ3) is 4.90. The van der Waals surface area contributed by atoms with E-state index in [0.717, 1.165) is 24.6 Å². The molecule has 1 atom stereocenters. The van der Waals surface area contributed by atoms with E-state index in [1.54, 1.807) is 7.05 Å². The molecule has 2 aliphatic heterocycles. The summed E-state index contributed by atoms with van der Waals surface area (Å²) in [5.41, 5.74) is 2.11. The highest BCUT2D eigenvalue weighted by Crippen LogP contribution is 2.21. The first-order valence-corrected chi connectivity index (χ1v) is 10.8. The van der Waals surface area contributed by atoms with Crippen LogP contribution in [0.5, 0.6) is 0 Å². The maximum atomic E-state index is 12.4. The van der Waals surface area contributed by atoms with Gasteiger partial charge in [0.2, 0.25) is 5.91 Å². The van der Waals surface area contributed by atoms with Gasteiger partial charge in [0.15, 0.2) is 5.96 Å². The molecule has 0 saturated carbocycles. The fraction of sp³-hybridized carbons (Fsp3) is 0.435. The van der Waals surface area contributed by atoms with Crippen molar-refractivity contribution in [1.29, 1.82) is 0 Å². The molecule has 1 unspecified atom stereocenters. The van der Waals surface area contributed by atoms with E-state index in [1.807, 2.05) is 47.5 Å². The second-order valence-electron chi connectivity index (χ2n) is 7.88. The highest BCUT2D eigenvalue weighted by atomic mass is 16.2. The van der Waals surface area contributed by atoms with Gasteiger partial charge >= 0.3 is 0 Å². The largest absolute Gasteiger partial charge is 0.357 e. The first-order chi connectivity index (χ1) is 14.7. The van der Waals surface area contributed by atoms with Crippen molar-refractivity contribution < 1.29 is 4.79 Å². The summed E-state index contributed by atoms with van der Waals surface area (Å²) in [4.78, 5) is 25.5. The second-order valence-corrected chi connectivity index (χ2v) is 7.88. The summed E-state index contributed by atoms with van der Waals surface area (Å²) in [5, 5.41) is 6.77. The van der Waals surface area contributed by atoms with E-state index < -0.39 is 0 Å². The van der Waals surface area contributed by atoms with E-state index in [0.29, 0.717) is 25.5 Å². The van der Waals surface area contributed by atoms with Crippen LogP contribution in [0.3, 0.4) is 0 Å². The monoisotopic (exact) mass is 406 g/mol. The van der Waals surface area contributed by atoms with E-state index >= 15 is 0 Å². The van der Waals surface area contributed by atoms with Crippen molar-refractivity contribution in [2.24, 2.45) is 4.99 Å². The normalized spacial score (nSPS) is 19.8. The quantitative estimate of drug-likeness (QED) is 0.590. The van der Waals surface area contributed by atoms with Crippen molar-refractivity contribution in [1.82, 2.24) is 15.6 Å². The Hall–Kier alpha value is -3.09. The zero-order valence-electron chi connectivity index (χ0n) is 17.6. The molecule has 0 radical (unpaired) electrons. The zero-order chi connectivity index (χ0) is 20.8. The van der Waals surface area contributed by atoms with Gasteiger partial charge < -0.3 is 20.4 Å². The Bertz CT molecular complexity index is 878. The average Bonchev–Trinajstić information content (AvgIpc) is 3.18. The molecular formula is C23H30N6O. The molecule has 2 N–H and O–H groups in total. The molecule has 7 heteroatoms. The molecule has 1 amide bonds. The van der Waals surface area contributed by atoms with Crippen LogP contribution in [-0.2, 0) is 11.3 Å². The van der Waals surface area contributed by atoms with Crippen molar-refractivity contribution in [3.05, 3.63) is 54.2 Å². The number of anilines is 2. The van der Waals surface area contributed by atoms with Crippen LogP contribution in [0.15, 0.2) is 53.7 Å². The van der Waals surface area contributed by atoms with E-state index in [1.165, 1.54) is 24.8 Å². The van der Waals surface area contributed by atoms with Crippen LogP contribution in [0, 0.1) is 0 Å². The van der Waals surface area contributed by atoms with Crippen LogP contribution >= 0.6 is 0 Å². The number of nitrogens with one attached hydrogen (secondary N) is 2. The van der Waals surface area contributed by atoms with Gasteiger partial charge in [0.05, 0.1) is 6.04 Å². The number of piperidine rings is 1. The molecule has 0 bridgehead atoms. The lowest BCUT2D eigenvalue weighted by Gasteiger charge is -2.28. The highest BCUT2D eigenvalue weighted by Gasteiger charge is 2.31. The lowest BCUT2D eigenvalue weighted by atomic mass is 10.1. The van der Waals surface area contributed by atoms with Gasteiger partial charge in [-0.05, 0) is 49.1 Å². The van der Waals surface area contributed by atoms with Crippen LogP contribution in [0.4, 0.5) is 11.5 Å². The number of pyridine rings is 1. The number of carbonyl (C=O) groups is 1. The summed E-state index contributed by atoms with van der Waals surface area (Å²) in [5.74, 6) is 1.89. The minimum Gasteiger partial charge on any atom is -0.357 e. The van der Waals surface area contributed by atoms with Crippen LogP contribution in [0.2, 0.25) is 0 Å². The molecule has 1 aromatic carbocycles. The minimum absolute atomic E-state index is 0.0326. The third-order valence-corrected chi connectivity index (χ3v) is 5.71. The SMILES string of the molecule is CN=C(NCc1ccnc(N2CCCCC2)c1)NC1CC(=O)N(c2ccccc2)C1. The van der Waals surface area contributed by atoms with Gasteiger partial charge in [-0.25, -0.2) is 4.98 Å². The maximum absolute atomic E-state index is 12.4. The number of hydrogen-bond acceptors (Lipinski definition) is 4. The zero-order valence-corrected chi connectivity index (χ0v) is 17.6. The number of aliphatic imine (C=N–C) groups is 1. The smallest absolute Gasteiger partial charge is 0.229 e. The lowest BCUT2D eigenvalue weighted by Crippen LogP contribution is -2.44. The summed E-state index contributed by atoms with van der Waals surface area (Å²) in [6.07, 6.45) is 6.13. The molecule has 0 spiro atoms. The van der Waals surface area contributed by atoms with Crippen LogP contribution < -0.4 is 20.4 Å². The van der Waals surface area contributed by atoms with Gasteiger partial charge in [-0.1, -0.05) is 18.2 Å². The molecule has 4 rings (SSSR count). The van der Waals surface area contributed by atoms with E-state index in [-0.39, 0.29) is 11.9 Å². The number of benzene rings is 1. The Morgan fingerprint density at radius 3 is 2.73 bits per heavy atom. The average molecular weight is 407 g/mol. The van der Waals surface area contributed by atoms with Gasteiger partial charge in [-0.15, -0.1) is 0 Å². The van der Waals surface area contributed by atoms with Gasteiger partial charge in [0.25, 0.3) is 0 Å². The molecule has 7 nitrogen and oxygen atoms in total. The Morgan fingerprint density at radius 1 is 1.17 bits per heavy atom. The van der Waals surface area contributed by atoms with Gasteiger partial charge in [-0.2, -0.15) is 0 Å². The van der Waals surface area contributed by atoms with Gasteiger partial charge in [0.1, 0.15) is 5.82 Å². The Labute approximate surface area is 178 Å². The van der Waals surface area contributed by atoms with Crippen LogP contribution in [0.25, 0.3) is 0 Å². The number of carbonyl (C=O) groups excluding carboxylic acids is 1. The van der Waals surface area contributed by atoms with Crippen molar-refractivity contribution >= 4 is 23.4 Å². The van der Waals surface area contributed by atoms with Crippen molar-refractivity contribution in [2.75, 3.05) is 36.5 Å². The number of amides is 1. The van der Waals surface area contributed by atoms with Crippen LogP contribution in [0.1, 0.15) is 31.2 Å². The fourth-order valence-corrected chi connectivity index (χ4v) is 4.10. The Kier molecular flexibility index (Phi) is 6.47. The van der Waals surface area contributed by atoms with Crippen molar-refractivity contribution in [2.45, 2.75) is 38.3 Å². The molecule has 158 valence electrons. The summed E-state index contributed by atoms with van der Waals surface area (Å²) in [7, 11) is 1.76. The van der Waals surface area contributed by atoms with E-state index in [9.17, 15) is 4.79 Å². The standard InChI is InChI=1S/C23H30N6O/c1-24-23(27-19-15-22(30)29(17-19)20-8-4-2-5-9-20)26-16-18-10-11-25-21(14-18)28-12-6-3-7-13-28/h2,4-5,8-11,14,19H,3,6-7,12-13,15-17H2,1H3,(H2,24,26,27).